The monoisotopic (exact) mass is 592 g/mol. The predicted molar refractivity (Wildman–Crippen MR) is 152 cm³/mol. The number of anilines is 1. The summed E-state index contributed by atoms with van der Waals surface area (Å²) < 4.78 is 7.14. The van der Waals surface area contributed by atoms with E-state index in [2.05, 4.69) is 62.5 Å². The first-order valence-electron chi connectivity index (χ1n) is 12.4. The van der Waals surface area contributed by atoms with Crippen molar-refractivity contribution < 1.29 is 9.21 Å². The highest BCUT2D eigenvalue weighted by atomic mass is 79.9. The molecule has 1 N–H and O–H groups in total. The summed E-state index contributed by atoms with van der Waals surface area (Å²) in [5.74, 6) is 1.41. The fourth-order valence-electron chi connectivity index (χ4n) is 5.06. The number of H-pyrrole nitrogens is 1. The largest absolute Gasteiger partial charge is 0.455 e. The van der Waals surface area contributed by atoms with Crippen molar-refractivity contribution in [3.8, 4) is 22.7 Å². The lowest BCUT2D eigenvalue weighted by Gasteiger charge is -2.31. The Hall–Kier alpha value is -3.56. The van der Waals surface area contributed by atoms with E-state index in [1.165, 1.54) is 5.56 Å². The molecule has 5 aromatic rings. The number of nitrogens with zero attached hydrogens (tertiary/aromatic N) is 5. The summed E-state index contributed by atoms with van der Waals surface area (Å²) in [7, 11) is 0. The summed E-state index contributed by atoms with van der Waals surface area (Å²) in [5, 5.41) is 15.3. The maximum atomic E-state index is 13.1. The fourth-order valence-corrected chi connectivity index (χ4v) is 5.66. The van der Waals surface area contributed by atoms with Crippen molar-refractivity contribution in [2.45, 2.75) is 46.1 Å². The molecule has 0 saturated carbocycles. The minimum absolute atomic E-state index is 0. The Labute approximate surface area is 234 Å². The molecule has 0 fully saturated rings. The van der Waals surface area contributed by atoms with Crippen molar-refractivity contribution in [2.24, 2.45) is 0 Å². The number of carbonyl (C=O) groups is 1. The van der Waals surface area contributed by atoms with Crippen molar-refractivity contribution in [1.29, 1.82) is 0 Å². The van der Waals surface area contributed by atoms with Crippen molar-refractivity contribution in [2.75, 3.05) is 4.90 Å². The molecule has 0 aliphatic carbocycles. The Morgan fingerprint density at radius 1 is 1.05 bits per heavy atom. The molecule has 0 saturated heterocycles. The van der Waals surface area contributed by atoms with Crippen LogP contribution in [-0.4, -0.2) is 31.5 Å². The standard InChI is InChI=1S/C28H25BrN6O2.ClH/c1-3-17-14-23-20(22(4-2)30-17)10-12-25(36)35(23)15-16-9-11-24-21(13-16)26(29)27(37-24)18-7-5-6-8-19(18)28-31-33-34-32-28;/h5-9,11,13-14H,3-4,10,12,15H2,1-2H3,(H,31,32,33,34);1H. The van der Waals surface area contributed by atoms with E-state index < -0.39 is 0 Å². The molecule has 10 heteroatoms. The molecule has 3 aromatic heterocycles. The molecule has 0 bridgehead atoms. The molecule has 194 valence electrons. The van der Waals surface area contributed by atoms with E-state index in [-0.39, 0.29) is 18.3 Å². The van der Waals surface area contributed by atoms with Crippen molar-refractivity contribution in [3.05, 3.63) is 75.5 Å². The van der Waals surface area contributed by atoms with Crippen LogP contribution in [-0.2, 0) is 30.6 Å². The number of aromatic amines is 1. The van der Waals surface area contributed by atoms with E-state index in [0.29, 0.717) is 24.6 Å². The molecular weight excluding hydrogens is 568 g/mol. The topological polar surface area (TPSA) is 101 Å². The van der Waals surface area contributed by atoms with Crippen LogP contribution in [0, 0.1) is 0 Å². The van der Waals surface area contributed by atoms with Gasteiger partial charge >= 0.3 is 0 Å². The number of pyridine rings is 1. The summed E-state index contributed by atoms with van der Waals surface area (Å²) in [4.78, 5) is 19.8. The Kier molecular flexibility index (Phi) is 7.32. The Morgan fingerprint density at radius 3 is 2.61 bits per heavy atom. The van der Waals surface area contributed by atoms with Gasteiger partial charge in [0.1, 0.15) is 11.3 Å². The van der Waals surface area contributed by atoms with Crippen LogP contribution in [0.3, 0.4) is 0 Å². The van der Waals surface area contributed by atoms with Crippen LogP contribution in [0.5, 0.6) is 0 Å². The molecule has 4 heterocycles. The zero-order valence-corrected chi connectivity index (χ0v) is 23.4. The lowest BCUT2D eigenvalue weighted by molar-refractivity contribution is -0.119. The molecule has 2 aromatic carbocycles. The van der Waals surface area contributed by atoms with Crippen LogP contribution in [0.25, 0.3) is 33.7 Å². The van der Waals surface area contributed by atoms with Gasteiger partial charge in [0.25, 0.3) is 0 Å². The molecule has 0 radical (unpaired) electrons. The van der Waals surface area contributed by atoms with Gasteiger partial charge in [-0.05, 0) is 74.9 Å². The highest BCUT2D eigenvalue weighted by Gasteiger charge is 2.27. The van der Waals surface area contributed by atoms with Crippen LogP contribution in [0.2, 0.25) is 0 Å². The van der Waals surface area contributed by atoms with Crippen molar-refractivity contribution in [3.63, 3.8) is 0 Å². The Bertz CT molecular complexity index is 1630. The van der Waals surface area contributed by atoms with Crippen molar-refractivity contribution >= 4 is 50.9 Å². The number of furan rings is 1. The average Bonchev–Trinajstić information content (AvgIpc) is 3.58. The molecule has 0 unspecified atom stereocenters. The van der Waals surface area contributed by atoms with E-state index in [1.807, 2.05) is 41.3 Å². The van der Waals surface area contributed by atoms with E-state index >= 15 is 0 Å². The molecule has 0 atom stereocenters. The molecule has 6 rings (SSSR count). The van der Waals surface area contributed by atoms with Gasteiger partial charge in [0.2, 0.25) is 5.91 Å². The van der Waals surface area contributed by atoms with Crippen LogP contribution < -0.4 is 4.90 Å². The first-order chi connectivity index (χ1) is 18.1. The minimum atomic E-state index is 0. The molecule has 1 aliphatic heterocycles. The van der Waals surface area contributed by atoms with Gasteiger partial charge in [-0.25, -0.2) is 5.10 Å². The van der Waals surface area contributed by atoms with Gasteiger partial charge < -0.3 is 9.32 Å². The van der Waals surface area contributed by atoms with Crippen LogP contribution in [0.15, 0.2) is 57.4 Å². The van der Waals surface area contributed by atoms with E-state index in [0.717, 1.165) is 68.5 Å². The first kappa shape index (κ1) is 26.1. The summed E-state index contributed by atoms with van der Waals surface area (Å²) in [6.45, 7) is 4.72. The number of carbonyl (C=O) groups excluding carboxylic acids is 1. The predicted octanol–water partition coefficient (Wildman–Crippen LogP) is 6.46. The van der Waals surface area contributed by atoms with Crippen LogP contribution in [0.4, 0.5) is 5.69 Å². The molecule has 38 heavy (non-hydrogen) atoms. The van der Waals surface area contributed by atoms with Crippen LogP contribution in [0.1, 0.15) is 42.8 Å². The second kappa shape index (κ2) is 10.7. The van der Waals surface area contributed by atoms with E-state index in [1.54, 1.807) is 0 Å². The molecular formula is C28H26BrClN6O2. The summed E-state index contributed by atoms with van der Waals surface area (Å²) >= 11 is 3.78. The van der Waals surface area contributed by atoms with E-state index in [4.69, 9.17) is 9.40 Å². The Balaban J connectivity index is 0.00000294. The van der Waals surface area contributed by atoms with Gasteiger partial charge in [-0.1, -0.05) is 44.2 Å². The average molecular weight is 594 g/mol. The number of rotatable bonds is 6. The third-order valence-corrected chi connectivity index (χ3v) is 7.71. The number of aromatic nitrogens is 5. The summed E-state index contributed by atoms with van der Waals surface area (Å²) in [6.07, 6.45) is 2.95. The second-order valence-corrected chi connectivity index (χ2v) is 9.91. The first-order valence-corrected chi connectivity index (χ1v) is 13.2. The van der Waals surface area contributed by atoms with E-state index in [9.17, 15) is 4.79 Å². The van der Waals surface area contributed by atoms with Gasteiger partial charge in [0.15, 0.2) is 5.82 Å². The molecule has 1 amide bonds. The number of amides is 1. The smallest absolute Gasteiger partial charge is 0.227 e. The van der Waals surface area contributed by atoms with Gasteiger partial charge in [0, 0.05) is 34.3 Å². The van der Waals surface area contributed by atoms with Gasteiger partial charge in [0.05, 0.1) is 16.7 Å². The minimum Gasteiger partial charge on any atom is -0.455 e. The SMILES string of the molecule is CCc1cc2c(c(CC)n1)CCC(=O)N2Cc1ccc2oc(-c3ccccc3-c3nnn[nH]3)c(Br)c2c1.Cl. The normalized spacial score (nSPS) is 13.0. The quantitative estimate of drug-likeness (QED) is 0.242. The number of hydrogen-bond acceptors (Lipinski definition) is 6. The lowest BCUT2D eigenvalue weighted by atomic mass is 9.96. The second-order valence-electron chi connectivity index (χ2n) is 9.12. The summed E-state index contributed by atoms with van der Waals surface area (Å²) in [5.41, 5.74) is 7.83. The number of fused-ring (bicyclic) bond motifs is 2. The molecule has 8 nitrogen and oxygen atoms in total. The maximum absolute atomic E-state index is 13.1. The highest BCUT2D eigenvalue weighted by Crippen LogP contribution is 2.41. The molecule has 0 spiro atoms. The van der Waals surface area contributed by atoms with Crippen LogP contribution >= 0.6 is 28.3 Å². The summed E-state index contributed by atoms with van der Waals surface area (Å²) in [6, 6.07) is 16.0. The number of tetrazole rings is 1. The Morgan fingerprint density at radius 2 is 1.87 bits per heavy atom. The highest BCUT2D eigenvalue weighted by molar-refractivity contribution is 9.10. The third kappa shape index (κ3) is 4.50. The third-order valence-electron chi connectivity index (χ3n) is 6.92. The van der Waals surface area contributed by atoms with Gasteiger partial charge in [-0.3, -0.25) is 9.78 Å². The van der Waals surface area contributed by atoms with Gasteiger partial charge in [-0.2, -0.15) is 0 Å². The zero-order chi connectivity index (χ0) is 25.5. The number of benzene rings is 2. The zero-order valence-electron chi connectivity index (χ0n) is 21.0. The number of halogens is 2. The lowest BCUT2D eigenvalue weighted by Crippen LogP contribution is -2.35. The van der Waals surface area contributed by atoms with Crippen molar-refractivity contribution in [1.82, 2.24) is 25.6 Å². The molecule has 1 aliphatic rings. The number of aryl methyl sites for hydroxylation is 2. The maximum Gasteiger partial charge on any atom is 0.227 e. The number of nitrogens with one attached hydrogen (secondary N) is 1. The van der Waals surface area contributed by atoms with Gasteiger partial charge in [-0.15, -0.1) is 17.5 Å². The fraction of sp³-hybridized carbons (Fsp3) is 0.250. The number of hydrogen-bond donors (Lipinski definition) is 1.